The highest BCUT2D eigenvalue weighted by molar-refractivity contribution is 5.20. The Labute approximate surface area is 123 Å². The van der Waals surface area contributed by atoms with E-state index >= 15 is 0 Å². The molecule has 0 fully saturated rings. The molecule has 114 valence electrons. The van der Waals surface area contributed by atoms with Crippen molar-refractivity contribution in [1.29, 1.82) is 0 Å². The Kier molecular flexibility index (Phi) is 8.47. The Morgan fingerprint density at radius 2 is 1.65 bits per heavy atom. The van der Waals surface area contributed by atoms with Crippen LogP contribution in [-0.2, 0) is 0 Å². The summed E-state index contributed by atoms with van der Waals surface area (Å²) in [4.78, 5) is 2.47. The predicted molar refractivity (Wildman–Crippen MR) is 84.2 cm³/mol. The van der Waals surface area contributed by atoms with Crippen molar-refractivity contribution in [1.82, 2.24) is 4.90 Å². The Bertz CT molecular complexity index is 360. The van der Waals surface area contributed by atoms with Crippen molar-refractivity contribution in [3.8, 4) is 0 Å². The summed E-state index contributed by atoms with van der Waals surface area (Å²) >= 11 is 0. The van der Waals surface area contributed by atoms with Crippen LogP contribution in [0.25, 0.3) is 0 Å². The van der Waals surface area contributed by atoms with Gasteiger partial charge in [-0.2, -0.15) is 0 Å². The van der Waals surface area contributed by atoms with Crippen LogP contribution in [0.5, 0.6) is 0 Å². The molecule has 0 amide bonds. The Hall–Kier alpha value is -0.930. The summed E-state index contributed by atoms with van der Waals surface area (Å²) in [6, 6.07) is 6.63. The molecular weight excluding hydrogens is 251 g/mol. The minimum atomic E-state index is -0.207. The fraction of sp³-hybridized carbons (Fsp3) is 0.647. The normalized spacial score (nSPS) is 12.8. The van der Waals surface area contributed by atoms with Gasteiger partial charge in [0.2, 0.25) is 0 Å². The lowest BCUT2D eigenvalue weighted by atomic mass is 10.0. The molecule has 0 heterocycles. The summed E-state index contributed by atoms with van der Waals surface area (Å²) in [5.41, 5.74) is 6.77. The first-order valence-corrected chi connectivity index (χ1v) is 7.91. The van der Waals surface area contributed by atoms with Gasteiger partial charge >= 0.3 is 0 Å². The van der Waals surface area contributed by atoms with Crippen LogP contribution in [0.2, 0.25) is 0 Å². The lowest BCUT2D eigenvalue weighted by molar-refractivity contribution is 0.255. The van der Waals surface area contributed by atoms with Gasteiger partial charge in [0.15, 0.2) is 0 Å². The van der Waals surface area contributed by atoms with Gasteiger partial charge in [0.25, 0.3) is 0 Å². The summed E-state index contributed by atoms with van der Waals surface area (Å²) in [6.07, 6.45) is 5.68. The molecule has 0 aliphatic heterocycles. The molecule has 2 nitrogen and oxygen atoms in total. The van der Waals surface area contributed by atoms with E-state index in [9.17, 15) is 4.39 Å². The molecule has 1 aromatic rings. The van der Waals surface area contributed by atoms with E-state index in [4.69, 9.17) is 5.73 Å². The summed E-state index contributed by atoms with van der Waals surface area (Å²) < 4.78 is 13.7. The lowest BCUT2D eigenvalue weighted by Crippen LogP contribution is -2.29. The fourth-order valence-electron chi connectivity index (χ4n) is 2.35. The molecule has 1 aromatic carbocycles. The molecule has 0 bridgehead atoms. The first-order chi connectivity index (χ1) is 9.69. The van der Waals surface area contributed by atoms with Crippen molar-refractivity contribution in [3.63, 3.8) is 0 Å². The van der Waals surface area contributed by atoms with Crippen LogP contribution >= 0.6 is 0 Å². The van der Waals surface area contributed by atoms with Gasteiger partial charge in [0, 0.05) is 11.6 Å². The second kappa shape index (κ2) is 9.89. The van der Waals surface area contributed by atoms with Crippen LogP contribution in [0.3, 0.4) is 0 Å². The molecule has 0 radical (unpaired) electrons. The Morgan fingerprint density at radius 3 is 2.20 bits per heavy atom. The molecule has 1 rings (SSSR count). The fourth-order valence-corrected chi connectivity index (χ4v) is 2.35. The maximum Gasteiger partial charge on any atom is 0.127 e. The summed E-state index contributed by atoms with van der Waals surface area (Å²) in [7, 11) is 0. The van der Waals surface area contributed by atoms with Gasteiger partial charge in [0.1, 0.15) is 5.82 Å². The maximum atomic E-state index is 13.7. The highest BCUT2D eigenvalue weighted by atomic mass is 19.1. The third-order valence-electron chi connectivity index (χ3n) is 3.72. The van der Waals surface area contributed by atoms with Crippen molar-refractivity contribution < 1.29 is 4.39 Å². The standard InChI is InChI=1S/C17H29FN2/c1-3-5-12-20(13-6-4-2)14-11-17(19)15-9-7-8-10-16(15)18/h7-10,17H,3-6,11-14,19H2,1-2H3. The molecule has 1 unspecified atom stereocenters. The SMILES string of the molecule is CCCCN(CCCC)CCC(N)c1ccccc1F. The zero-order valence-electron chi connectivity index (χ0n) is 12.9. The minimum absolute atomic E-state index is 0.186. The molecule has 0 aliphatic rings. The molecule has 0 spiro atoms. The zero-order chi connectivity index (χ0) is 14.8. The molecule has 0 saturated heterocycles. The highest BCUT2D eigenvalue weighted by Crippen LogP contribution is 2.18. The second-order valence-corrected chi connectivity index (χ2v) is 5.47. The lowest BCUT2D eigenvalue weighted by Gasteiger charge is -2.24. The molecule has 0 aliphatic carbocycles. The van der Waals surface area contributed by atoms with Crippen LogP contribution < -0.4 is 5.73 Å². The minimum Gasteiger partial charge on any atom is -0.324 e. The quantitative estimate of drug-likeness (QED) is 0.698. The Balaban J connectivity index is 2.46. The van der Waals surface area contributed by atoms with Crippen LogP contribution in [0.4, 0.5) is 4.39 Å². The second-order valence-electron chi connectivity index (χ2n) is 5.47. The van der Waals surface area contributed by atoms with E-state index in [-0.39, 0.29) is 11.9 Å². The molecule has 0 aromatic heterocycles. The summed E-state index contributed by atoms with van der Waals surface area (Å²) in [5.74, 6) is -0.186. The maximum absolute atomic E-state index is 13.7. The number of nitrogens with two attached hydrogens (primary N) is 1. The van der Waals surface area contributed by atoms with E-state index in [2.05, 4.69) is 18.7 Å². The predicted octanol–water partition coefficient (Wildman–Crippen LogP) is 4.12. The summed E-state index contributed by atoms with van der Waals surface area (Å²) in [5, 5.41) is 0. The summed E-state index contributed by atoms with van der Waals surface area (Å²) in [6.45, 7) is 7.63. The van der Waals surface area contributed by atoms with E-state index in [1.165, 1.54) is 31.7 Å². The average Bonchev–Trinajstić information content (AvgIpc) is 2.46. The third kappa shape index (κ3) is 6.02. The van der Waals surface area contributed by atoms with E-state index in [0.29, 0.717) is 5.56 Å². The number of hydrogen-bond donors (Lipinski definition) is 1. The third-order valence-corrected chi connectivity index (χ3v) is 3.72. The monoisotopic (exact) mass is 280 g/mol. The number of nitrogens with zero attached hydrogens (tertiary/aromatic N) is 1. The van der Waals surface area contributed by atoms with Gasteiger partial charge in [-0.25, -0.2) is 4.39 Å². The van der Waals surface area contributed by atoms with Crippen LogP contribution in [0.1, 0.15) is 57.6 Å². The van der Waals surface area contributed by atoms with Gasteiger partial charge < -0.3 is 10.6 Å². The van der Waals surface area contributed by atoms with Crippen molar-refractivity contribution in [2.45, 2.75) is 52.0 Å². The Morgan fingerprint density at radius 1 is 1.05 bits per heavy atom. The van der Waals surface area contributed by atoms with Gasteiger partial charge in [0.05, 0.1) is 0 Å². The smallest absolute Gasteiger partial charge is 0.127 e. The van der Waals surface area contributed by atoms with Crippen LogP contribution in [0.15, 0.2) is 24.3 Å². The topological polar surface area (TPSA) is 29.3 Å². The molecule has 20 heavy (non-hydrogen) atoms. The van der Waals surface area contributed by atoms with E-state index in [1.54, 1.807) is 12.1 Å². The highest BCUT2D eigenvalue weighted by Gasteiger charge is 2.12. The number of halogens is 1. The number of unbranched alkanes of at least 4 members (excludes halogenated alkanes) is 2. The molecule has 0 saturated carbocycles. The molecule has 1 atom stereocenters. The number of rotatable bonds is 10. The van der Waals surface area contributed by atoms with E-state index < -0.39 is 0 Å². The van der Waals surface area contributed by atoms with Gasteiger partial charge in [-0.05, 0) is 45.0 Å². The number of benzene rings is 1. The van der Waals surface area contributed by atoms with Crippen molar-refractivity contribution in [2.75, 3.05) is 19.6 Å². The van der Waals surface area contributed by atoms with E-state index in [0.717, 1.165) is 26.1 Å². The largest absolute Gasteiger partial charge is 0.324 e. The average molecular weight is 280 g/mol. The molecular formula is C17H29FN2. The first kappa shape index (κ1) is 17.1. The van der Waals surface area contributed by atoms with Crippen LogP contribution in [-0.4, -0.2) is 24.5 Å². The van der Waals surface area contributed by atoms with Gasteiger partial charge in [-0.3, -0.25) is 0 Å². The van der Waals surface area contributed by atoms with Crippen molar-refractivity contribution in [2.24, 2.45) is 5.73 Å². The van der Waals surface area contributed by atoms with Crippen molar-refractivity contribution in [3.05, 3.63) is 35.6 Å². The number of hydrogen-bond acceptors (Lipinski definition) is 2. The van der Waals surface area contributed by atoms with Crippen LogP contribution in [0, 0.1) is 5.82 Å². The first-order valence-electron chi connectivity index (χ1n) is 7.91. The van der Waals surface area contributed by atoms with E-state index in [1.807, 2.05) is 6.07 Å². The zero-order valence-corrected chi connectivity index (χ0v) is 12.9. The molecule has 2 N–H and O–H groups in total. The molecule has 3 heteroatoms. The van der Waals surface area contributed by atoms with Gasteiger partial charge in [-0.1, -0.05) is 44.9 Å². The van der Waals surface area contributed by atoms with Gasteiger partial charge in [-0.15, -0.1) is 0 Å². The van der Waals surface area contributed by atoms with Crippen molar-refractivity contribution >= 4 is 0 Å².